The molecule has 4 heteroatoms. The number of fused-ring (bicyclic) bond motifs is 3. The van der Waals surface area contributed by atoms with Crippen molar-refractivity contribution in [1.29, 1.82) is 0 Å². The van der Waals surface area contributed by atoms with Gasteiger partial charge in [-0.15, -0.1) is 0 Å². The molecule has 0 spiro atoms. The van der Waals surface area contributed by atoms with Gasteiger partial charge in [-0.05, 0) is 38.5 Å². The van der Waals surface area contributed by atoms with Crippen molar-refractivity contribution >= 4 is 0 Å². The highest BCUT2D eigenvalue weighted by atomic mass is 16.6. The summed E-state index contributed by atoms with van der Waals surface area (Å²) in [5, 5.41) is 0. The summed E-state index contributed by atoms with van der Waals surface area (Å²) >= 11 is 0. The third-order valence-corrected chi connectivity index (χ3v) is 3.61. The van der Waals surface area contributed by atoms with Gasteiger partial charge >= 0.3 is 0 Å². The third-order valence-electron chi connectivity index (χ3n) is 3.61. The van der Waals surface area contributed by atoms with Gasteiger partial charge in [0.1, 0.15) is 0 Å². The molecule has 4 nitrogen and oxygen atoms in total. The Hall–Kier alpha value is -0.160. The first-order valence-electron chi connectivity index (χ1n) is 4.50. The minimum absolute atomic E-state index is 0.0553. The maximum absolute atomic E-state index is 5.29. The SMILES string of the molecule is NOC12CCC(ON)(CC1)CC2. The summed E-state index contributed by atoms with van der Waals surface area (Å²) in [6.45, 7) is 0. The van der Waals surface area contributed by atoms with Gasteiger partial charge in [-0.25, -0.2) is 11.8 Å². The van der Waals surface area contributed by atoms with E-state index in [9.17, 15) is 0 Å². The van der Waals surface area contributed by atoms with Crippen molar-refractivity contribution < 1.29 is 9.68 Å². The van der Waals surface area contributed by atoms with Gasteiger partial charge in [-0.2, -0.15) is 0 Å². The Morgan fingerprint density at radius 2 is 0.917 bits per heavy atom. The molecule has 0 unspecified atom stereocenters. The van der Waals surface area contributed by atoms with Crippen LogP contribution in [0, 0.1) is 0 Å². The van der Waals surface area contributed by atoms with Gasteiger partial charge in [0.05, 0.1) is 11.2 Å². The number of rotatable bonds is 2. The van der Waals surface area contributed by atoms with Crippen LogP contribution in [0.5, 0.6) is 0 Å². The van der Waals surface area contributed by atoms with Gasteiger partial charge in [0.15, 0.2) is 0 Å². The Bertz CT molecular complexity index is 139. The van der Waals surface area contributed by atoms with Gasteiger partial charge in [-0.1, -0.05) is 0 Å². The molecular formula is C8H16N2O2. The van der Waals surface area contributed by atoms with E-state index < -0.39 is 0 Å². The molecule has 0 aliphatic heterocycles. The lowest BCUT2D eigenvalue weighted by Gasteiger charge is -2.50. The van der Waals surface area contributed by atoms with Crippen LogP contribution in [0.2, 0.25) is 0 Å². The van der Waals surface area contributed by atoms with E-state index in [0.717, 1.165) is 38.5 Å². The summed E-state index contributed by atoms with van der Waals surface area (Å²) < 4.78 is 0. The first kappa shape index (κ1) is 8.44. The molecular weight excluding hydrogens is 156 g/mol. The molecule has 2 bridgehead atoms. The molecule has 3 saturated carbocycles. The highest BCUT2D eigenvalue weighted by Crippen LogP contribution is 2.49. The Morgan fingerprint density at radius 3 is 1.08 bits per heavy atom. The Morgan fingerprint density at radius 1 is 0.667 bits per heavy atom. The molecule has 3 fully saturated rings. The Balaban J connectivity index is 2.09. The van der Waals surface area contributed by atoms with Crippen LogP contribution in [-0.4, -0.2) is 11.2 Å². The lowest BCUT2D eigenvalue weighted by molar-refractivity contribution is -0.190. The molecule has 0 heterocycles. The standard InChI is InChI=1S/C8H16N2O2/c9-11-7-1-2-8(12-10,5-3-7)6-4-7/h1-6,9-10H2. The lowest BCUT2D eigenvalue weighted by atomic mass is 9.65. The van der Waals surface area contributed by atoms with Gasteiger partial charge in [0.25, 0.3) is 0 Å². The van der Waals surface area contributed by atoms with Crippen molar-refractivity contribution in [3.8, 4) is 0 Å². The van der Waals surface area contributed by atoms with E-state index in [1.54, 1.807) is 0 Å². The minimum Gasteiger partial charge on any atom is -0.298 e. The van der Waals surface area contributed by atoms with Crippen LogP contribution >= 0.6 is 0 Å². The van der Waals surface area contributed by atoms with E-state index in [2.05, 4.69) is 0 Å². The van der Waals surface area contributed by atoms with Crippen molar-refractivity contribution in [1.82, 2.24) is 0 Å². The molecule has 3 aliphatic carbocycles. The first-order valence-corrected chi connectivity index (χ1v) is 4.50. The Kier molecular flexibility index (Phi) is 1.88. The molecule has 4 N–H and O–H groups in total. The summed E-state index contributed by atoms with van der Waals surface area (Å²) in [5.41, 5.74) is -0.111. The van der Waals surface area contributed by atoms with E-state index >= 15 is 0 Å². The van der Waals surface area contributed by atoms with E-state index in [1.807, 2.05) is 0 Å². The van der Waals surface area contributed by atoms with Gasteiger partial charge in [-0.3, -0.25) is 9.68 Å². The van der Waals surface area contributed by atoms with Gasteiger partial charge in [0, 0.05) is 0 Å². The fourth-order valence-electron chi connectivity index (χ4n) is 2.47. The second-order valence-corrected chi connectivity index (χ2v) is 4.10. The number of nitrogens with two attached hydrogens (primary N) is 2. The molecule has 70 valence electrons. The molecule has 3 rings (SSSR count). The van der Waals surface area contributed by atoms with Crippen LogP contribution in [0.25, 0.3) is 0 Å². The van der Waals surface area contributed by atoms with Crippen molar-refractivity contribution in [3.05, 3.63) is 0 Å². The lowest BCUT2D eigenvalue weighted by Crippen LogP contribution is -2.54. The summed E-state index contributed by atoms with van der Waals surface area (Å²) in [7, 11) is 0. The molecule has 0 aromatic heterocycles. The maximum Gasteiger partial charge on any atom is 0.0897 e. The van der Waals surface area contributed by atoms with Crippen molar-refractivity contribution in [2.75, 3.05) is 0 Å². The van der Waals surface area contributed by atoms with Gasteiger partial charge in [0.2, 0.25) is 0 Å². The number of hydrogen-bond donors (Lipinski definition) is 2. The zero-order valence-corrected chi connectivity index (χ0v) is 7.21. The second kappa shape index (κ2) is 2.67. The molecule has 0 aromatic carbocycles. The molecule has 12 heavy (non-hydrogen) atoms. The quantitative estimate of drug-likeness (QED) is 0.599. The van der Waals surface area contributed by atoms with Crippen LogP contribution in [0.3, 0.4) is 0 Å². The monoisotopic (exact) mass is 172 g/mol. The largest absolute Gasteiger partial charge is 0.298 e. The topological polar surface area (TPSA) is 70.5 Å². The molecule has 0 atom stereocenters. The maximum atomic E-state index is 5.29. The average Bonchev–Trinajstić information content (AvgIpc) is 2.21. The van der Waals surface area contributed by atoms with Crippen molar-refractivity contribution in [2.24, 2.45) is 11.8 Å². The minimum atomic E-state index is -0.0553. The van der Waals surface area contributed by atoms with Crippen LogP contribution < -0.4 is 11.8 Å². The van der Waals surface area contributed by atoms with Crippen LogP contribution in [0.1, 0.15) is 38.5 Å². The van der Waals surface area contributed by atoms with Crippen molar-refractivity contribution in [2.45, 2.75) is 49.7 Å². The fraction of sp³-hybridized carbons (Fsp3) is 1.00. The van der Waals surface area contributed by atoms with Crippen LogP contribution in [0.15, 0.2) is 0 Å². The molecule has 0 saturated heterocycles. The number of hydrogen-bond acceptors (Lipinski definition) is 4. The normalized spacial score (nSPS) is 46.5. The molecule has 0 radical (unpaired) electrons. The van der Waals surface area contributed by atoms with Gasteiger partial charge < -0.3 is 0 Å². The van der Waals surface area contributed by atoms with E-state index in [-0.39, 0.29) is 11.2 Å². The average molecular weight is 172 g/mol. The Labute approximate surface area is 72.1 Å². The van der Waals surface area contributed by atoms with Crippen molar-refractivity contribution in [3.63, 3.8) is 0 Å². The van der Waals surface area contributed by atoms with E-state index in [1.165, 1.54) is 0 Å². The van der Waals surface area contributed by atoms with E-state index in [0.29, 0.717) is 0 Å². The van der Waals surface area contributed by atoms with Crippen LogP contribution in [0.4, 0.5) is 0 Å². The zero-order chi connectivity index (χ0) is 8.66. The molecule has 0 aromatic rings. The fourth-order valence-corrected chi connectivity index (χ4v) is 2.47. The third kappa shape index (κ3) is 1.07. The first-order chi connectivity index (χ1) is 5.74. The summed E-state index contributed by atoms with van der Waals surface area (Å²) in [6.07, 6.45) is 5.92. The zero-order valence-electron chi connectivity index (χ0n) is 7.21. The highest BCUT2D eigenvalue weighted by molar-refractivity contribution is 5.01. The molecule has 3 aliphatic rings. The molecule has 0 amide bonds. The summed E-state index contributed by atoms with van der Waals surface area (Å²) in [5.74, 6) is 10.6. The highest BCUT2D eigenvalue weighted by Gasteiger charge is 2.50. The predicted molar refractivity (Wildman–Crippen MR) is 43.7 cm³/mol. The summed E-state index contributed by atoms with van der Waals surface area (Å²) in [4.78, 5) is 10.1. The van der Waals surface area contributed by atoms with Crippen LogP contribution in [-0.2, 0) is 9.68 Å². The summed E-state index contributed by atoms with van der Waals surface area (Å²) in [6, 6.07) is 0. The second-order valence-electron chi connectivity index (χ2n) is 4.10. The predicted octanol–water partition coefficient (Wildman–Crippen LogP) is 0.612. The smallest absolute Gasteiger partial charge is 0.0897 e. The van der Waals surface area contributed by atoms with E-state index in [4.69, 9.17) is 21.5 Å².